The molecule has 0 bridgehead atoms. The minimum Gasteiger partial charge on any atom is -0.399 e. The van der Waals surface area contributed by atoms with Crippen LogP contribution in [0.3, 0.4) is 0 Å². The summed E-state index contributed by atoms with van der Waals surface area (Å²) < 4.78 is 99.4. The van der Waals surface area contributed by atoms with E-state index in [4.69, 9.17) is 0 Å². The van der Waals surface area contributed by atoms with E-state index in [1.807, 2.05) is 0 Å². The number of hydrogen-bond donors (Lipinski definition) is 0. The minimum absolute atomic E-state index is 0.231. The van der Waals surface area contributed by atoms with Gasteiger partial charge in [0.15, 0.2) is 11.6 Å². The topological polar surface area (TPSA) is 9.23 Å². The molecule has 1 fully saturated rings. The van der Waals surface area contributed by atoms with Crippen LogP contribution in [0.25, 0.3) is 17.2 Å². The van der Waals surface area contributed by atoms with E-state index in [2.05, 4.69) is 11.7 Å². The molecule has 0 unspecified atom stereocenters. The highest BCUT2D eigenvalue weighted by atomic mass is 19.4. The Bertz CT molecular complexity index is 1140. The average molecular weight is 543 g/mol. The van der Waals surface area contributed by atoms with Crippen LogP contribution in [0.4, 0.5) is 30.7 Å². The minimum atomic E-state index is -5.32. The van der Waals surface area contributed by atoms with Crippen molar-refractivity contribution < 1.29 is 35.5 Å². The fourth-order valence-electron chi connectivity index (χ4n) is 5.90. The number of halogens is 7. The lowest BCUT2D eigenvalue weighted by Gasteiger charge is -2.29. The lowest BCUT2D eigenvalue weighted by molar-refractivity contribution is -0.276. The van der Waals surface area contributed by atoms with E-state index in [9.17, 15) is 26.3 Å². The molecule has 0 atom stereocenters. The number of allylic oxidation sites excluding steroid dienone is 1. The highest BCUT2D eigenvalue weighted by Crippen LogP contribution is 2.40. The van der Waals surface area contributed by atoms with Gasteiger partial charge in [0.05, 0.1) is 5.56 Å². The normalized spacial score (nSPS) is 19.7. The fourth-order valence-corrected chi connectivity index (χ4v) is 5.90. The predicted octanol–water partition coefficient (Wildman–Crippen LogP) is 10.3. The van der Waals surface area contributed by atoms with Crippen molar-refractivity contribution in [2.75, 3.05) is 0 Å². The Labute approximate surface area is 219 Å². The van der Waals surface area contributed by atoms with Gasteiger partial charge in [0.2, 0.25) is 5.75 Å². The van der Waals surface area contributed by atoms with E-state index < -0.39 is 46.5 Å². The quantitative estimate of drug-likeness (QED) is 0.226. The summed E-state index contributed by atoms with van der Waals surface area (Å²) in [6.45, 7) is 2.22. The van der Waals surface area contributed by atoms with Gasteiger partial charge >= 0.3 is 6.36 Å². The van der Waals surface area contributed by atoms with Crippen LogP contribution >= 0.6 is 0 Å². The number of alkyl halides is 3. The molecule has 1 saturated carbocycles. The summed E-state index contributed by atoms with van der Waals surface area (Å²) >= 11 is 0. The smallest absolute Gasteiger partial charge is 0.399 e. The zero-order valence-corrected chi connectivity index (χ0v) is 21.5. The van der Waals surface area contributed by atoms with E-state index in [0.29, 0.717) is 36.5 Å². The fraction of sp³-hybridized carbons (Fsp3) is 0.533. The van der Waals surface area contributed by atoms with Gasteiger partial charge < -0.3 is 4.74 Å². The number of hydrogen-bond acceptors (Lipinski definition) is 1. The lowest BCUT2D eigenvalue weighted by atomic mass is 9.77. The van der Waals surface area contributed by atoms with E-state index >= 15 is 4.39 Å². The number of rotatable bonds is 9. The van der Waals surface area contributed by atoms with Crippen LogP contribution in [0.15, 0.2) is 23.8 Å². The molecule has 38 heavy (non-hydrogen) atoms. The Morgan fingerprint density at radius 2 is 1.45 bits per heavy atom. The van der Waals surface area contributed by atoms with Crippen LogP contribution in [0.1, 0.15) is 88.7 Å². The molecule has 2 aromatic carbocycles. The van der Waals surface area contributed by atoms with Gasteiger partial charge in [-0.15, -0.1) is 13.2 Å². The van der Waals surface area contributed by atoms with Crippen molar-refractivity contribution in [3.63, 3.8) is 0 Å². The molecule has 208 valence electrons. The highest BCUT2D eigenvalue weighted by Gasteiger charge is 2.34. The Morgan fingerprint density at radius 3 is 2.05 bits per heavy atom. The van der Waals surface area contributed by atoms with Crippen LogP contribution in [0.5, 0.6) is 5.75 Å². The molecule has 2 aliphatic rings. The summed E-state index contributed by atoms with van der Waals surface area (Å²) in [7, 11) is 0. The Balaban J connectivity index is 1.44. The average Bonchev–Trinajstić information content (AvgIpc) is 2.85. The zero-order chi connectivity index (χ0) is 27.4. The van der Waals surface area contributed by atoms with Gasteiger partial charge in [-0.3, -0.25) is 0 Å². The van der Waals surface area contributed by atoms with Gasteiger partial charge in [-0.05, 0) is 72.4 Å². The van der Waals surface area contributed by atoms with Gasteiger partial charge in [0.1, 0.15) is 11.6 Å². The van der Waals surface area contributed by atoms with Crippen LogP contribution < -0.4 is 4.74 Å². The first-order chi connectivity index (χ1) is 18.1. The van der Waals surface area contributed by atoms with Crippen LogP contribution in [-0.4, -0.2) is 6.36 Å². The maximum Gasteiger partial charge on any atom is 0.573 e. The number of benzene rings is 2. The summed E-state index contributed by atoms with van der Waals surface area (Å²) in [5, 5.41) is 0. The molecule has 2 aliphatic carbocycles. The van der Waals surface area contributed by atoms with Crippen molar-refractivity contribution in [1.82, 2.24) is 0 Å². The predicted molar refractivity (Wildman–Crippen MR) is 134 cm³/mol. The molecule has 2 aromatic rings. The molecule has 1 nitrogen and oxygen atoms in total. The summed E-state index contributed by atoms with van der Waals surface area (Å²) in [6, 6.07) is 2.02. The Kier molecular flexibility index (Phi) is 9.09. The molecular formula is C30H33F7O. The molecular weight excluding hydrogens is 509 g/mol. The number of ether oxygens (including phenoxy) is 1. The summed E-state index contributed by atoms with van der Waals surface area (Å²) in [5.41, 5.74) is 0.539. The van der Waals surface area contributed by atoms with Gasteiger partial charge in [0, 0.05) is 0 Å². The van der Waals surface area contributed by atoms with E-state index in [1.54, 1.807) is 6.08 Å². The summed E-state index contributed by atoms with van der Waals surface area (Å²) in [4.78, 5) is 0. The van der Waals surface area contributed by atoms with Gasteiger partial charge in [-0.25, -0.2) is 17.6 Å². The molecule has 4 rings (SSSR count). The maximum atomic E-state index is 15.4. The standard InChI is InChI=1S/C30H33F7O/c1-2-3-4-5-18-6-8-19(9-7-18)10-11-20-12-13-23-21(14-20)15-24(31)27(28(23)34)22-16-25(32)29(26(33)17-22)38-30(35,36)37/h14-19H,2-13H2,1H3. The van der Waals surface area contributed by atoms with E-state index in [0.717, 1.165) is 30.4 Å². The molecule has 0 N–H and O–H groups in total. The molecule has 0 spiro atoms. The van der Waals surface area contributed by atoms with Crippen molar-refractivity contribution in [3.05, 3.63) is 58.2 Å². The number of fused-ring (bicyclic) bond motifs is 1. The van der Waals surface area contributed by atoms with E-state index in [1.165, 1.54) is 51.4 Å². The van der Waals surface area contributed by atoms with Crippen molar-refractivity contribution >= 4 is 6.08 Å². The lowest BCUT2D eigenvalue weighted by Crippen LogP contribution is -2.19. The Hall–Kier alpha value is -2.51. The Morgan fingerprint density at radius 1 is 0.816 bits per heavy atom. The molecule has 0 saturated heterocycles. The SMILES string of the molecule is CCCCCC1CCC(CCC2=Cc3cc(F)c(-c4cc(F)c(OC(F)(F)F)c(F)c4)c(F)c3CC2)CC1. The highest BCUT2D eigenvalue weighted by molar-refractivity contribution is 5.72. The first-order valence-corrected chi connectivity index (χ1v) is 13.5. The first kappa shape index (κ1) is 28.5. The third-order valence-corrected chi connectivity index (χ3v) is 7.97. The van der Waals surface area contributed by atoms with Crippen LogP contribution in [0, 0.1) is 35.1 Å². The van der Waals surface area contributed by atoms with Gasteiger partial charge in [-0.2, -0.15) is 0 Å². The maximum absolute atomic E-state index is 15.4. The molecule has 8 heteroatoms. The van der Waals surface area contributed by atoms with Gasteiger partial charge in [0.25, 0.3) is 0 Å². The largest absolute Gasteiger partial charge is 0.573 e. The van der Waals surface area contributed by atoms with Crippen molar-refractivity contribution in [1.29, 1.82) is 0 Å². The third kappa shape index (κ3) is 6.92. The molecule has 0 radical (unpaired) electrons. The number of unbranched alkanes of at least 4 members (excludes halogenated alkanes) is 2. The van der Waals surface area contributed by atoms with Crippen molar-refractivity contribution in [3.8, 4) is 16.9 Å². The summed E-state index contributed by atoms with van der Waals surface area (Å²) in [5.74, 6) is -5.56. The van der Waals surface area contributed by atoms with Crippen LogP contribution in [-0.2, 0) is 6.42 Å². The van der Waals surface area contributed by atoms with Crippen molar-refractivity contribution in [2.24, 2.45) is 11.8 Å². The summed E-state index contributed by atoms with van der Waals surface area (Å²) in [6.07, 6.45) is 9.51. The second-order valence-electron chi connectivity index (χ2n) is 10.7. The first-order valence-electron chi connectivity index (χ1n) is 13.5. The molecule has 0 aliphatic heterocycles. The third-order valence-electron chi connectivity index (χ3n) is 7.97. The zero-order valence-electron chi connectivity index (χ0n) is 21.5. The monoisotopic (exact) mass is 542 g/mol. The van der Waals surface area contributed by atoms with Gasteiger partial charge in [-0.1, -0.05) is 69.9 Å². The van der Waals surface area contributed by atoms with Crippen LogP contribution in [0.2, 0.25) is 0 Å². The molecule has 0 amide bonds. The van der Waals surface area contributed by atoms with Crippen molar-refractivity contribution in [2.45, 2.75) is 90.3 Å². The molecule has 0 heterocycles. The second kappa shape index (κ2) is 12.1. The molecule has 0 aromatic heterocycles. The second-order valence-corrected chi connectivity index (χ2v) is 10.7. The van der Waals surface area contributed by atoms with E-state index in [-0.39, 0.29) is 5.56 Å².